The summed E-state index contributed by atoms with van der Waals surface area (Å²) in [6.45, 7) is 4.71. The lowest BCUT2D eigenvalue weighted by Crippen LogP contribution is -2.36. The van der Waals surface area contributed by atoms with Gasteiger partial charge in [-0.25, -0.2) is 0 Å². The molecule has 0 spiro atoms. The number of nitrogens with one attached hydrogen (secondary N) is 3. The number of aromatic nitrogens is 4. The van der Waals surface area contributed by atoms with Gasteiger partial charge in [0.05, 0.1) is 24.6 Å². The molecule has 0 saturated carbocycles. The Labute approximate surface area is 202 Å². The van der Waals surface area contributed by atoms with E-state index in [1.807, 2.05) is 30.3 Å². The SMILES string of the molecule is O=C(Nc1cc2oc(N3CCOCC3)nc2cc1N1CCCCC1)c1cccc(-c2ccn[nH]2)[nH+]1. The van der Waals surface area contributed by atoms with E-state index in [0.29, 0.717) is 30.5 Å². The van der Waals surface area contributed by atoms with Crippen molar-refractivity contribution in [2.24, 2.45) is 0 Å². The molecule has 10 nitrogen and oxygen atoms in total. The van der Waals surface area contributed by atoms with Gasteiger partial charge in [0.1, 0.15) is 11.2 Å². The lowest BCUT2D eigenvalue weighted by Gasteiger charge is -2.30. The molecule has 2 aliphatic rings. The Bertz CT molecular complexity index is 1320. The van der Waals surface area contributed by atoms with Crippen molar-refractivity contribution >= 4 is 34.4 Å². The van der Waals surface area contributed by atoms with Crippen molar-refractivity contribution in [3.8, 4) is 11.4 Å². The molecule has 180 valence electrons. The van der Waals surface area contributed by atoms with Crippen LogP contribution in [0, 0.1) is 0 Å². The van der Waals surface area contributed by atoms with E-state index in [1.54, 1.807) is 12.3 Å². The number of morpholine rings is 1. The second kappa shape index (κ2) is 9.38. The van der Waals surface area contributed by atoms with Crippen LogP contribution < -0.4 is 20.1 Å². The molecule has 0 aliphatic carbocycles. The summed E-state index contributed by atoms with van der Waals surface area (Å²) in [4.78, 5) is 25.7. The number of rotatable bonds is 5. The summed E-state index contributed by atoms with van der Waals surface area (Å²) in [7, 11) is 0. The molecule has 5 heterocycles. The third-order valence-electron chi connectivity index (χ3n) is 6.55. The predicted octanol–water partition coefficient (Wildman–Crippen LogP) is 3.11. The molecule has 1 amide bonds. The van der Waals surface area contributed by atoms with Crippen LogP contribution in [0.1, 0.15) is 29.8 Å². The molecule has 1 aromatic carbocycles. The van der Waals surface area contributed by atoms with Crippen molar-refractivity contribution in [2.75, 3.05) is 54.5 Å². The summed E-state index contributed by atoms with van der Waals surface area (Å²) >= 11 is 0. The number of pyridine rings is 1. The molecule has 3 aromatic heterocycles. The third kappa shape index (κ3) is 4.44. The van der Waals surface area contributed by atoms with Gasteiger partial charge in [0, 0.05) is 50.6 Å². The van der Waals surface area contributed by atoms with Crippen molar-refractivity contribution < 1.29 is 18.9 Å². The van der Waals surface area contributed by atoms with Crippen molar-refractivity contribution in [2.45, 2.75) is 19.3 Å². The fourth-order valence-electron chi connectivity index (χ4n) is 4.69. The Kier molecular flexibility index (Phi) is 5.79. The van der Waals surface area contributed by atoms with Gasteiger partial charge in [0.2, 0.25) is 5.69 Å². The molecular formula is C25H28N7O3+. The Morgan fingerprint density at radius 2 is 1.89 bits per heavy atom. The molecule has 2 fully saturated rings. The summed E-state index contributed by atoms with van der Waals surface area (Å²) in [6, 6.07) is 11.9. The number of hydrogen-bond donors (Lipinski definition) is 2. The summed E-state index contributed by atoms with van der Waals surface area (Å²) in [6.07, 6.45) is 5.16. The first-order chi connectivity index (χ1) is 17.2. The fraction of sp³-hybridized carbons (Fsp3) is 0.360. The van der Waals surface area contributed by atoms with Crippen LogP contribution in [0.4, 0.5) is 17.4 Å². The number of benzene rings is 1. The average Bonchev–Trinajstić information content (AvgIpc) is 3.60. The number of fused-ring (bicyclic) bond motifs is 1. The predicted molar refractivity (Wildman–Crippen MR) is 132 cm³/mol. The first-order valence-electron chi connectivity index (χ1n) is 12.1. The number of oxazole rings is 1. The van der Waals surface area contributed by atoms with E-state index in [2.05, 4.69) is 30.3 Å². The first kappa shape index (κ1) is 21.6. The van der Waals surface area contributed by atoms with Gasteiger partial charge < -0.3 is 24.3 Å². The largest absolute Gasteiger partial charge is 0.423 e. The van der Waals surface area contributed by atoms with Gasteiger partial charge in [-0.3, -0.25) is 9.89 Å². The lowest BCUT2D eigenvalue weighted by atomic mass is 10.1. The minimum absolute atomic E-state index is 0.225. The summed E-state index contributed by atoms with van der Waals surface area (Å²) in [5, 5.41) is 10.0. The number of anilines is 3. The maximum atomic E-state index is 13.3. The number of H-pyrrole nitrogens is 2. The highest BCUT2D eigenvalue weighted by Crippen LogP contribution is 2.35. The molecule has 4 aromatic rings. The van der Waals surface area contributed by atoms with Gasteiger partial charge >= 0.3 is 5.91 Å². The average molecular weight is 475 g/mol. The molecular weight excluding hydrogens is 446 g/mol. The summed E-state index contributed by atoms with van der Waals surface area (Å²) < 4.78 is 11.6. The smallest absolute Gasteiger partial charge is 0.320 e. The van der Waals surface area contributed by atoms with Gasteiger partial charge in [-0.15, -0.1) is 0 Å². The topological polar surface area (TPSA) is 114 Å². The van der Waals surface area contributed by atoms with Crippen molar-refractivity contribution in [1.82, 2.24) is 15.2 Å². The first-order valence-corrected chi connectivity index (χ1v) is 12.1. The number of ether oxygens (including phenoxy) is 1. The number of piperidine rings is 1. The highest BCUT2D eigenvalue weighted by atomic mass is 16.5. The second-order valence-corrected chi connectivity index (χ2v) is 8.88. The van der Waals surface area contributed by atoms with Crippen LogP contribution in [0.25, 0.3) is 22.5 Å². The summed E-state index contributed by atoms with van der Waals surface area (Å²) in [5.41, 5.74) is 5.18. The number of nitrogens with zero attached hydrogens (tertiary/aromatic N) is 4. The normalized spacial score (nSPS) is 16.6. The fourth-order valence-corrected chi connectivity index (χ4v) is 4.69. The van der Waals surface area contributed by atoms with E-state index >= 15 is 0 Å². The van der Waals surface area contributed by atoms with Crippen LogP contribution in [-0.4, -0.2) is 60.5 Å². The molecule has 0 atom stereocenters. The standard InChI is InChI=1S/C25H27N7O3/c33-24(19-6-4-5-17(27-19)18-7-8-26-30-18)28-20-16-23-21(15-22(20)31-9-2-1-3-10-31)29-25(35-23)32-11-13-34-14-12-32/h4-8,15-16H,1-3,9-14H2,(H,26,30)(H,28,33)/p+1. The highest BCUT2D eigenvalue weighted by Gasteiger charge is 2.24. The number of carbonyl (C=O) groups excluding carboxylic acids is 1. The number of carbonyl (C=O) groups is 1. The van der Waals surface area contributed by atoms with E-state index in [9.17, 15) is 4.79 Å². The van der Waals surface area contributed by atoms with Crippen LogP contribution in [0.5, 0.6) is 0 Å². The molecule has 0 radical (unpaired) electrons. The third-order valence-corrected chi connectivity index (χ3v) is 6.55. The quantitative estimate of drug-likeness (QED) is 0.457. The zero-order valence-electron chi connectivity index (χ0n) is 19.4. The molecule has 3 N–H and O–H groups in total. The zero-order chi connectivity index (χ0) is 23.6. The molecule has 10 heteroatoms. The Balaban J connectivity index is 1.34. The van der Waals surface area contributed by atoms with E-state index in [-0.39, 0.29) is 5.91 Å². The molecule has 2 saturated heterocycles. The van der Waals surface area contributed by atoms with E-state index in [1.165, 1.54) is 6.42 Å². The maximum absolute atomic E-state index is 13.3. The van der Waals surface area contributed by atoms with Crippen molar-refractivity contribution in [1.29, 1.82) is 0 Å². The Hall–Kier alpha value is -3.92. The number of amides is 1. The lowest BCUT2D eigenvalue weighted by molar-refractivity contribution is -0.368. The molecule has 2 aliphatic heterocycles. The minimum Gasteiger partial charge on any atom is -0.423 e. The van der Waals surface area contributed by atoms with Gasteiger partial charge in [0.25, 0.3) is 11.7 Å². The van der Waals surface area contributed by atoms with Crippen molar-refractivity contribution in [3.63, 3.8) is 0 Å². The number of aromatic amines is 2. The highest BCUT2D eigenvalue weighted by molar-refractivity contribution is 6.05. The monoisotopic (exact) mass is 474 g/mol. The van der Waals surface area contributed by atoms with Gasteiger partial charge in [-0.1, -0.05) is 0 Å². The molecule has 35 heavy (non-hydrogen) atoms. The molecule has 0 unspecified atom stereocenters. The van der Waals surface area contributed by atoms with Crippen LogP contribution in [0.2, 0.25) is 0 Å². The summed E-state index contributed by atoms with van der Waals surface area (Å²) in [5.74, 6) is -0.225. The Morgan fingerprint density at radius 3 is 2.69 bits per heavy atom. The maximum Gasteiger partial charge on any atom is 0.320 e. The van der Waals surface area contributed by atoms with Crippen molar-refractivity contribution in [3.05, 3.63) is 48.3 Å². The van der Waals surface area contributed by atoms with E-state index < -0.39 is 0 Å². The Morgan fingerprint density at radius 1 is 1.03 bits per heavy atom. The van der Waals surface area contributed by atoms with Crippen LogP contribution in [-0.2, 0) is 4.74 Å². The van der Waals surface area contributed by atoms with E-state index in [4.69, 9.17) is 14.1 Å². The van der Waals surface area contributed by atoms with Crippen LogP contribution in [0.15, 0.2) is 47.0 Å². The zero-order valence-corrected chi connectivity index (χ0v) is 19.4. The van der Waals surface area contributed by atoms with Gasteiger partial charge in [-0.05, 0) is 37.5 Å². The van der Waals surface area contributed by atoms with Gasteiger partial charge in [0.15, 0.2) is 5.58 Å². The van der Waals surface area contributed by atoms with E-state index in [0.717, 1.165) is 67.3 Å². The van der Waals surface area contributed by atoms with Crippen LogP contribution >= 0.6 is 0 Å². The minimum atomic E-state index is -0.225. The molecule has 6 rings (SSSR count). The number of hydrogen-bond acceptors (Lipinski definition) is 7. The van der Waals surface area contributed by atoms with Crippen LogP contribution in [0.3, 0.4) is 0 Å². The molecule has 0 bridgehead atoms. The van der Waals surface area contributed by atoms with Gasteiger partial charge in [-0.2, -0.15) is 15.1 Å². The second-order valence-electron chi connectivity index (χ2n) is 8.88.